The van der Waals surface area contributed by atoms with Gasteiger partial charge in [-0.25, -0.2) is 0 Å². The summed E-state index contributed by atoms with van der Waals surface area (Å²) >= 11 is 0. The Morgan fingerprint density at radius 1 is 0.952 bits per heavy atom. The maximum absolute atomic E-state index is 6.02. The van der Waals surface area contributed by atoms with Gasteiger partial charge in [0.05, 0.1) is 5.39 Å². The summed E-state index contributed by atoms with van der Waals surface area (Å²) in [4.78, 5) is 2.35. The summed E-state index contributed by atoms with van der Waals surface area (Å²) in [6, 6.07) is 14.1. The second-order valence-corrected chi connectivity index (χ2v) is 5.10. The van der Waals surface area contributed by atoms with E-state index in [1.54, 1.807) is 0 Å². The van der Waals surface area contributed by atoms with Crippen molar-refractivity contribution in [2.75, 3.05) is 26.2 Å². The minimum absolute atomic E-state index is 0.695. The van der Waals surface area contributed by atoms with Crippen LogP contribution in [0.3, 0.4) is 0 Å². The zero-order valence-electron chi connectivity index (χ0n) is 12.6. The van der Waals surface area contributed by atoms with E-state index >= 15 is 0 Å². The maximum atomic E-state index is 6.02. The van der Waals surface area contributed by atoms with Crippen molar-refractivity contribution < 1.29 is 9.15 Å². The second kappa shape index (κ2) is 6.19. The SMILES string of the molecule is CCN(CC)CCOc1cccc2oc3ccccc3c12. The van der Waals surface area contributed by atoms with Crippen LogP contribution in [-0.2, 0) is 0 Å². The van der Waals surface area contributed by atoms with E-state index in [0.29, 0.717) is 6.61 Å². The largest absolute Gasteiger partial charge is 0.491 e. The van der Waals surface area contributed by atoms with Crippen LogP contribution in [0.15, 0.2) is 46.9 Å². The molecule has 0 atom stereocenters. The molecule has 0 aliphatic heterocycles. The molecule has 21 heavy (non-hydrogen) atoms. The summed E-state index contributed by atoms with van der Waals surface area (Å²) in [6.07, 6.45) is 0. The van der Waals surface area contributed by atoms with Gasteiger partial charge in [0.1, 0.15) is 23.5 Å². The van der Waals surface area contributed by atoms with Gasteiger partial charge in [-0.1, -0.05) is 38.1 Å². The molecule has 0 amide bonds. The number of furan rings is 1. The van der Waals surface area contributed by atoms with Crippen molar-refractivity contribution >= 4 is 21.9 Å². The summed E-state index contributed by atoms with van der Waals surface area (Å²) < 4.78 is 11.9. The smallest absolute Gasteiger partial charge is 0.139 e. The topological polar surface area (TPSA) is 25.6 Å². The number of para-hydroxylation sites is 1. The molecule has 0 saturated heterocycles. The van der Waals surface area contributed by atoms with E-state index in [2.05, 4.69) is 24.8 Å². The highest BCUT2D eigenvalue weighted by Crippen LogP contribution is 2.35. The molecule has 1 aromatic heterocycles. The Bertz CT molecular complexity index is 728. The lowest BCUT2D eigenvalue weighted by Crippen LogP contribution is -2.27. The monoisotopic (exact) mass is 283 g/mol. The number of hydrogen-bond donors (Lipinski definition) is 0. The number of likely N-dealkylation sites (N-methyl/N-ethyl adjacent to an activating group) is 1. The summed E-state index contributed by atoms with van der Waals surface area (Å²) in [5, 5.41) is 2.19. The minimum Gasteiger partial charge on any atom is -0.491 e. The van der Waals surface area contributed by atoms with Gasteiger partial charge in [0, 0.05) is 11.9 Å². The van der Waals surface area contributed by atoms with E-state index in [-0.39, 0.29) is 0 Å². The molecule has 0 radical (unpaired) electrons. The van der Waals surface area contributed by atoms with Gasteiger partial charge in [-0.05, 0) is 31.3 Å². The first-order valence-electron chi connectivity index (χ1n) is 7.59. The highest BCUT2D eigenvalue weighted by Gasteiger charge is 2.11. The van der Waals surface area contributed by atoms with Crippen LogP contribution in [0.1, 0.15) is 13.8 Å². The van der Waals surface area contributed by atoms with Gasteiger partial charge >= 0.3 is 0 Å². The van der Waals surface area contributed by atoms with Gasteiger partial charge in [0.15, 0.2) is 0 Å². The molecule has 0 N–H and O–H groups in total. The lowest BCUT2D eigenvalue weighted by atomic mass is 10.1. The van der Waals surface area contributed by atoms with E-state index < -0.39 is 0 Å². The van der Waals surface area contributed by atoms with Gasteiger partial charge in [-0.3, -0.25) is 0 Å². The Morgan fingerprint density at radius 2 is 1.71 bits per heavy atom. The molecule has 110 valence electrons. The van der Waals surface area contributed by atoms with Gasteiger partial charge in [-0.15, -0.1) is 0 Å². The molecule has 3 rings (SSSR count). The molecule has 2 aromatic carbocycles. The number of nitrogens with zero attached hydrogens (tertiary/aromatic N) is 1. The molecule has 0 fully saturated rings. The fourth-order valence-corrected chi connectivity index (χ4v) is 2.69. The van der Waals surface area contributed by atoms with E-state index in [1.165, 1.54) is 0 Å². The standard InChI is InChI=1S/C18H21NO2/c1-3-19(4-2)12-13-20-16-10-7-11-17-18(16)14-8-5-6-9-15(14)21-17/h5-11H,3-4,12-13H2,1-2H3. The number of benzene rings is 2. The summed E-state index contributed by atoms with van der Waals surface area (Å²) in [5.74, 6) is 0.907. The molecular formula is C18H21NO2. The molecule has 3 heteroatoms. The summed E-state index contributed by atoms with van der Waals surface area (Å²) in [5.41, 5.74) is 1.80. The summed E-state index contributed by atoms with van der Waals surface area (Å²) in [6.45, 7) is 8.10. The minimum atomic E-state index is 0.695. The van der Waals surface area contributed by atoms with E-state index in [4.69, 9.17) is 9.15 Å². The molecule has 0 spiro atoms. The Morgan fingerprint density at radius 3 is 2.52 bits per heavy atom. The molecule has 3 aromatic rings. The predicted molar refractivity (Wildman–Crippen MR) is 87.0 cm³/mol. The van der Waals surface area contributed by atoms with Crippen molar-refractivity contribution in [2.45, 2.75) is 13.8 Å². The lowest BCUT2D eigenvalue weighted by molar-refractivity contribution is 0.224. The molecule has 0 aliphatic carbocycles. The number of rotatable bonds is 6. The number of hydrogen-bond acceptors (Lipinski definition) is 3. The number of fused-ring (bicyclic) bond motifs is 3. The van der Waals surface area contributed by atoms with Gasteiger partial charge in [0.2, 0.25) is 0 Å². The molecule has 0 unspecified atom stereocenters. The van der Waals surface area contributed by atoms with Crippen LogP contribution in [0, 0.1) is 0 Å². The first-order chi connectivity index (χ1) is 10.3. The third-order valence-corrected chi connectivity index (χ3v) is 3.92. The normalized spacial score (nSPS) is 11.6. The Labute approximate surface area is 125 Å². The van der Waals surface area contributed by atoms with Crippen LogP contribution in [0.2, 0.25) is 0 Å². The molecular weight excluding hydrogens is 262 g/mol. The van der Waals surface area contributed by atoms with Gasteiger partial charge < -0.3 is 14.1 Å². The Hall–Kier alpha value is -2.00. The highest BCUT2D eigenvalue weighted by molar-refractivity contribution is 6.08. The van der Waals surface area contributed by atoms with Gasteiger partial charge in [0.25, 0.3) is 0 Å². The fourth-order valence-electron chi connectivity index (χ4n) is 2.69. The van der Waals surface area contributed by atoms with Crippen molar-refractivity contribution in [3.05, 3.63) is 42.5 Å². The molecule has 0 saturated carbocycles. The third-order valence-electron chi connectivity index (χ3n) is 3.92. The first-order valence-corrected chi connectivity index (χ1v) is 7.59. The lowest BCUT2D eigenvalue weighted by Gasteiger charge is -2.18. The van der Waals surface area contributed by atoms with Crippen LogP contribution < -0.4 is 4.74 Å². The van der Waals surface area contributed by atoms with Crippen LogP contribution in [0.4, 0.5) is 0 Å². The van der Waals surface area contributed by atoms with Crippen LogP contribution in [-0.4, -0.2) is 31.1 Å². The quantitative estimate of drug-likeness (QED) is 0.674. The predicted octanol–water partition coefficient (Wildman–Crippen LogP) is 4.31. The first kappa shape index (κ1) is 14.0. The summed E-state index contributed by atoms with van der Waals surface area (Å²) in [7, 11) is 0. The van der Waals surface area contributed by atoms with Crippen molar-refractivity contribution in [1.82, 2.24) is 4.90 Å². The van der Waals surface area contributed by atoms with Crippen molar-refractivity contribution in [2.24, 2.45) is 0 Å². The molecule has 0 aliphatic rings. The van der Waals surface area contributed by atoms with E-state index in [0.717, 1.165) is 47.3 Å². The average Bonchev–Trinajstić information content (AvgIpc) is 2.91. The fraction of sp³-hybridized carbons (Fsp3) is 0.333. The van der Waals surface area contributed by atoms with Crippen molar-refractivity contribution in [3.8, 4) is 5.75 Å². The number of ether oxygens (including phenoxy) is 1. The van der Waals surface area contributed by atoms with Crippen molar-refractivity contribution in [1.29, 1.82) is 0 Å². The van der Waals surface area contributed by atoms with Gasteiger partial charge in [-0.2, -0.15) is 0 Å². The van der Waals surface area contributed by atoms with E-state index in [9.17, 15) is 0 Å². The van der Waals surface area contributed by atoms with Crippen molar-refractivity contribution in [3.63, 3.8) is 0 Å². The van der Waals surface area contributed by atoms with E-state index in [1.807, 2.05) is 36.4 Å². The van der Waals surface area contributed by atoms with Crippen LogP contribution in [0.5, 0.6) is 5.75 Å². The maximum Gasteiger partial charge on any atom is 0.139 e. The van der Waals surface area contributed by atoms with Crippen LogP contribution in [0.25, 0.3) is 21.9 Å². The van der Waals surface area contributed by atoms with Crippen LogP contribution >= 0.6 is 0 Å². The average molecular weight is 283 g/mol. The molecule has 3 nitrogen and oxygen atoms in total. The molecule has 0 bridgehead atoms. The second-order valence-electron chi connectivity index (χ2n) is 5.10. The Balaban J connectivity index is 1.88. The highest BCUT2D eigenvalue weighted by atomic mass is 16.5. The third kappa shape index (κ3) is 2.74. The zero-order valence-corrected chi connectivity index (χ0v) is 12.6. The molecule has 1 heterocycles. The zero-order chi connectivity index (χ0) is 14.7. The Kier molecular flexibility index (Phi) is 4.11.